The first-order valence-corrected chi connectivity index (χ1v) is 7.32. The third-order valence-corrected chi connectivity index (χ3v) is 3.73. The number of hydrogen-bond donors (Lipinski definition) is 1. The van der Waals surface area contributed by atoms with Crippen LogP contribution in [0.5, 0.6) is 0 Å². The highest BCUT2D eigenvalue weighted by Gasteiger charge is 2.04. The Kier molecular flexibility index (Phi) is 4.13. The molecule has 21 heavy (non-hydrogen) atoms. The Labute approximate surface area is 126 Å². The molecule has 0 spiro atoms. The molecule has 3 aromatic rings. The summed E-state index contributed by atoms with van der Waals surface area (Å²) in [5.74, 6) is 0. The highest BCUT2D eigenvalue weighted by Crippen LogP contribution is 2.27. The molecule has 0 aliphatic rings. The molecule has 3 aromatic carbocycles. The molecule has 1 heteroatoms. The third kappa shape index (κ3) is 3.04. The van der Waals surface area contributed by atoms with Crippen LogP contribution in [0.2, 0.25) is 0 Å². The molecule has 3 rings (SSSR count). The number of rotatable bonds is 4. The SMILES string of the molecule is NCCc1ccccc1-c1ccc(-c2ccccc2)cc1. The predicted octanol–water partition coefficient (Wildman–Crippen LogP) is 4.52. The molecule has 104 valence electrons. The lowest BCUT2D eigenvalue weighted by Gasteiger charge is -2.10. The van der Waals surface area contributed by atoms with Crippen molar-refractivity contribution >= 4 is 0 Å². The zero-order valence-corrected chi connectivity index (χ0v) is 12.0. The maximum Gasteiger partial charge on any atom is -0.00365 e. The summed E-state index contributed by atoms with van der Waals surface area (Å²) in [6.07, 6.45) is 0.913. The van der Waals surface area contributed by atoms with Gasteiger partial charge in [0.1, 0.15) is 0 Å². The minimum atomic E-state index is 0.680. The lowest BCUT2D eigenvalue weighted by Crippen LogP contribution is -2.03. The van der Waals surface area contributed by atoms with E-state index in [2.05, 4.69) is 72.8 Å². The van der Waals surface area contributed by atoms with Crippen LogP contribution >= 0.6 is 0 Å². The third-order valence-electron chi connectivity index (χ3n) is 3.73. The summed E-state index contributed by atoms with van der Waals surface area (Å²) < 4.78 is 0. The fourth-order valence-electron chi connectivity index (χ4n) is 2.65. The van der Waals surface area contributed by atoms with E-state index in [4.69, 9.17) is 5.73 Å². The zero-order chi connectivity index (χ0) is 14.5. The Hall–Kier alpha value is -2.38. The summed E-state index contributed by atoms with van der Waals surface area (Å²) in [4.78, 5) is 0. The second-order valence-electron chi connectivity index (χ2n) is 5.14. The van der Waals surface area contributed by atoms with Crippen molar-refractivity contribution in [1.82, 2.24) is 0 Å². The van der Waals surface area contributed by atoms with Gasteiger partial charge in [-0.15, -0.1) is 0 Å². The van der Waals surface area contributed by atoms with Crippen molar-refractivity contribution in [1.29, 1.82) is 0 Å². The van der Waals surface area contributed by atoms with Crippen LogP contribution in [0.4, 0.5) is 0 Å². The van der Waals surface area contributed by atoms with Crippen LogP contribution in [0.15, 0.2) is 78.9 Å². The van der Waals surface area contributed by atoms with Gasteiger partial charge in [-0.2, -0.15) is 0 Å². The van der Waals surface area contributed by atoms with E-state index in [1.165, 1.54) is 27.8 Å². The van der Waals surface area contributed by atoms with Gasteiger partial charge in [0.25, 0.3) is 0 Å². The van der Waals surface area contributed by atoms with Crippen LogP contribution in [-0.2, 0) is 6.42 Å². The molecule has 0 aliphatic carbocycles. The van der Waals surface area contributed by atoms with Gasteiger partial charge in [-0.05, 0) is 40.8 Å². The second kappa shape index (κ2) is 6.38. The number of nitrogens with two attached hydrogens (primary N) is 1. The van der Waals surface area contributed by atoms with Crippen LogP contribution in [0.1, 0.15) is 5.56 Å². The Balaban J connectivity index is 1.95. The van der Waals surface area contributed by atoms with Gasteiger partial charge in [0, 0.05) is 0 Å². The van der Waals surface area contributed by atoms with E-state index in [0.29, 0.717) is 6.54 Å². The zero-order valence-electron chi connectivity index (χ0n) is 12.0. The van der Waals surface area contributed by atoms with Crippen molar-refractivity contribution in [3.05, 3.63) is 84.4 Å². The molecule has 2 N–H and O–H groups in total. The van der Waals surface area contributed by atoms with Crippen LogP contribution in [-0.4, -0.2) is 6.54 Å². The molecule has 0 bridgehead atoms. The van der Waals surface area contributed by atoms with E-state index in [-0.39, 0.29) is 0 Å². The summed E-state index contributed by atoms with van der Waals surface area (Å²) in [6, 6.07) is 27.7. The van der Waals surface area contributed by atoms with Crippen molar-refractivity contribution in [3.63, 3.8) is 0 Å². The lowest BCUT2D eigenvalue weighted by molar-refractivity contribution is 0.971. The Morgan fingerprint density at radius 2 is 1.14 bits per heavy atom. The van der Waals surface area contributed by atoms with Crippen molar-refractivity contribution < 1.29 is 0 Å². The quantitative estimate of drug-likeness (QED) is 0.743. The Morgan fingerprint density at radius 3 is 1.86 bits per heavy atom. The average Bonchev–Trinajstić information content (AvgIpc) is 2.57. The molecule has 0 unspecified atom stereocenters. The highest BCUT2D eigenvalue weighted by molar-refractivity contribution is 5.72. The molecular formula is C20H19N. The molecule has 0 aromatic heterocycles. The first-order valence-electron chi connectivity index (χ1n) is 7.32. The maximum atomic E-state index is 5.71. The smallest absolute Gasteiger partial charge is 0.00365 e. The van der Waals surface area contributed by atoms with Gasteiger partial charge < -0.3 is 5.73 Å². The average molecular weight is 273 g/mol. The van der Waals surface area contributed by atoms with Crippen molar-refractivity contribution in [2.24, 2.45) is 5.73 Å². The van der Waals surface area contributed by atoms with Gasteiger partial charge >= 0.3 is 0 Å². The molecule has 0 heterocycles. The number of hydrogen-bond acceptors (Lipinski definition) is 1. The van der Waals surface area contributed by atoms with Crippen molar-refractivity contribution in [2.75, 3.05) is 6.54 Å². The normalized spacial score (nSPS) is 10.5. The van der Waals surface area contributed by atoms with Gasteiger partial charge in [-0.3, -0.25) is 0 Å². The van der Waals surface area contributed by atoms with E-state index < -0.39 is 0 Å². The summed E-state index contributed by atoms with van der Waals surface area (Å²) >= 11 is 0. The number of benzene rings is 3. The van der Waals surface area contributed by atoms with Crippen LogP contribution in [0.3, 0.4) is 0 Å². The molecular weight excluding hydrogens is 254 g/mol. The summed E-state index contributed by atoms with van der Waals surface area (Å²) in [6.45, 7) is 0.680. The van der Waals surface area contributed by atoms with Crippen LogP contribution in [0, 0.1) is 0 Å². The van der Waals surface area contributed by atoms with Crippen LogP contribution < -0.4 is 5.73 Å². The maximum absolute atomic E-state index is 5.71. The van der Waals surface area contributed by atoms with E-state index in [0.717, 1.165) is 6.42 Å². The topological polar surface area (TPSA) is 26.0 Å². The molecule has 0 fully saturated rings. The molecule has 0 amide bonds. The molecule has 1 nitrogen and oxygen atoms in total. The summed E-state index contributed by atoms with van der Waals surface area (Å²) in [5, 5.41) is 0. The summed E-state index contributed by atoms with van der Waals surface area (Å²) in [5.41, 5.74) is 12.0. The summed E-state index contributed by atoms with van der Waals surface area (Å²) in [7, 11) is 0. The molecule has 0 saturated carbocycles. The second-order valence-corrected chi connectivity index (χ2v) is 5.14. The minimum Gasteiger partial charge on any atom is -0.330 e. The standard InChI is InChI=1S/C20H19N/c21-15-14-18-8-4-5-9-20(18)19-12-10-17(11-13-19)16-6-2-1-3-7-16/h1-13H,14-15,21H2. The first-order chi connectivity index (χ1) is 10.4. The van der Waals surface area contributed by atoms with E-state index in [1.54, 1.807) is 0 Å². The van der Waals surface area contributed by atoms with E-state index >= 15 is 0 Å². The fraction of sp³-hybridized carbons (Fsp3) is 0.100. The highest BCUT2D eigenvalue weighted by atomic mass is 14.5. The van der Waals surface area contributed by atoms with Crippen molar-refractivity contribution in [2.45, 2.75) is 6.42 Å². The van der Waals surface area contributed by atoms with E-state index in [9.17, 15) is 0 Å². The first kappa shape index (κ1) is 13.6. The van der Waals surface area contributed by atoms with Gasteiger partial charge in [0.2, 0.25) is 0 Å². The van der Waals surface area contributed by atoms with Gasteiger partial charge in [-0.25, -0.2) is 0 Å². The molecule has 0 aliphatic heterocycles. The van der Waals surface area contributed by atoms with E-state index in [1.807, 2.05) is 6.07 Å². The molecule has 0 atom stereocenters. The van der Waals surface area contributed by atoms with Crippen molar-refractivity contribution in [3.8, 4) is 22.3 Å². The molecule has 0 radical (unpaired) electrons. The lowest BCUT2D eigenvalue weighted by atomic mass is 9.96. The van der Waals surface area contributed by atoms with Crippen LogP contribution in [0.25, 0.3) is 22.3 Å². The predicted molar refractivity (Wildman–Crippen MR) is 90.1 cm³/mol. The fourth-order valence-corrected chi connectivity index (χ4v) is 2.65. The largest absolute Gasteiger partial charge is 0.330 e. The van der Waals surface area contributed by atoms with Gasteiger partial charge in [0.15, 0.2) is 0 Å². The minimum absolute atomic E-state index is 0.680. The Morgan fingerprint density at radius 1 is 0.571 bits per heavy atom. The van der Waals surface area contributed by atoms with Gasteiger partial charge in [-0.1, -0.05) is 78.9 Å². The monoisotopic (exact) mass is 273 g/mol. The van der Waals surface area contributed by atoms with Gasteiger partial charge in [0.05, 0.1) is 0 Å². The molecule has 0 saturated heterocycles. The Bertz CT molecular complexity index is 699.